The van der Waals surface area contributed by atoms with Crippen molar-refractivity contribution in [2.24, 2.45) is 0 Å². The Bertz CT molecular complexity index is 511. The van der Waals surface area contributed by atoms with Crippen molar-refractivity contribution in [1.29, 1.82) is 0 Å². The van der Waals surface area contributed by atoms with Gasteiger partial charge in [-0.15, -0.1) is 11.6 Å². The third-order valence-corrected chi connectivity index (χ3v) is 3.59. The molecule has 2 aromatic carbocycles. The van der Waals surface area contributed by atoms with Gasteiger partial charge in [-0.1, -0.05) is 48.0 Å². The van der Waals surface area contributed by atoms with Gasteiger partial charge in [-0.2, -0.15) is 0 Å². The molecule has 0 amide bonds. The molecule has 0 aliphatic heterocycles. The fraction of sp³-hybridized carbons (Fsp3) is 0.200. The van der Waals surface area contributed by atoms with Gasteiger partial charge >= 0.3 is 0 Å². The van der Waals surface area contributed by atoms with E-state index in [1.54, 1.807) is 12.1 Å². The second-order valence-corrected chi connectivity index (χ2v) is 4.93. The lowest BCUT2D eigenvalue weighted by atomic mass is 9.94. The highest BCUT2D eigenvalue weighted by Crippen LogP contribution is 2.24. The van der Waals surface area contributed by atoms with Crippen LogP contribution in [0.3, 0.4) is 0 Å². The van der Waals surface area contributed by atoms with Gasteiger partial charge in [-0.25, -0.2) is 4.39 Å². The van der Waals surface area contributed by atoms with Gasteiger partial charge < -0.3 is 0 Å². The Morgan fingerprint density at radius 3 is 2.39 bits per heavy atom. The minimum absolute atomic E-state index is 0.161. The van der Waals surface area contributed by atoms with E-state index in [-0.39, 0.29) is 16.8 Å². The number of halogens is 3. The molecular weight excluding hydrogens is 270 g/mol. The first-order chi connectivity index (χ1) is 8.70. The van der Waals surface area contributed by atoms with Crippen LogP contribution in [0.4, 0.5) is 4.39 Å². The molecule has 0 radical (unpaired) electrons. The molecule has 0 N–H and O–H groups in total. The van der Waals surface area contributed by atoms with Crippen molar-refractivity contribution in [1.82, 2.24) is 0 Å². The van der Waals surface area contributed by atoms with Gasteiger partial charge in [-0.3, -0.25) is 0 Å². The number of benzene rings is 2. The van der Waals surface area contributed by atoms with Gasteiger partial charge in [0.2, 0.25) is 0 Å². The lowest BCUT2D eigenvalue weighted by Crippen LogP contribution is -2.04. The smallest absolute Gasteiger partial charge is 0.141 e. The average Bonchev–Trinajstić information content (AvgIpc) is 2.41. The highest BCUT2D eigenvalue weighted by atomic mass is 35.5. The maximum Gasteiger partial charge on any atom is 0.141 e. The molecule has 0 aromatic heterocycles. The second-order valence-electron chi connectivity index (χ2n) is 4.21. The molecule has 0 spiro atoms. The molecule has 94 valence electrons. The molecule has 2 aromatic rings. The average molecular weight is 283 g/mol. The zero-order valence-electron chi connectivity index (χ0n) is 9.74. The summed E-state index contributed by atoms with van der Waals surface area (Å²) in [6.07, 6.45) is 0.757. The lowest BCUT2D eigenvalue weighted by molar-refractivity contribution is 0.626. The Balaban J connectivity index is 2.18. The molecule has 0 nitrogen and oxygen atoms in total. The van der Waals surface area contributed by atoms with Crippen molar-refractivity contribution >= 4 is 23.2 Å². The zero-order chi connectivity index (χ0) is 13.0. The summed E-state index contributed by atoms with van der Waals surface area (Å²) in [5.41, 5.74) is 2.18. The van der Waals surface area contributed by atoms with E-state index in [9.17, 15) is 4.39 Å². The summed E-state index contributed by atoms with van der Waals surface area (Å²) in [7, 11) is 0. The first kappa shape index (κ1) is 13.4. The Kier molecular flexibility index (Phi) is 4.62. The van der Waals surface area contributed by atoms with E-state index in [2.05, 4.69) is 12.1 Å². The monoisotopic (exact) mass is 282 g/mol. The molecule has 18 heavy (non-hydrogen) atoms. The first-order valence-corrected chi connectivity index (χ1v) is 6.67. The van der Waals surface area contributed by atoms with Crippen molar-refractivity contribution in [3.63, 3.8) is 0 Å². The van der Waals surface area contributed by atoms with Gasteiger partial charge in [0.1, 0.15) is 5.82 Å². The van der Waals surface area contributed by atoms with E-state index in [1.807, 2.05) is 18.2 Å². The van der Waals surface area contributed by atoms with Crippen molar-refractivity contribution in [2.75, 3.05) is 5.88 Å². The van der Waals surface area contributed by atoms with E-state index in [4.69, 9.17) is 23.2 Å². The topological polar surface area (TPSA) is 0 Å². The predicted octanol–water partition coefficient (Wildman–Crippen LogP) is 5.04. The third-order valence-electron chi connectivity index (χ3n) is 2.92. The summed E-state index contributed by atoms with van der Waals surface area (Å²) in [5.74, 6) is 0.357. The van der Waals surface area contributed by atoms with Crippen molar-refractivity contribution in [3.05, 3.63) is 70.5 Å². The van der Waals surface area contributed by atoms with E-state index < -0.39 is 0 Å². The van der Waals surface area contributed by atoms with E-state index in [0.29, 0.717) is 5.88 Å². The SMILES string of the molecule is Fc1ccc(CC(CCl)c2ccccc2)cc1Cl. The fourth-order valence-corrected chi connectivity index (χ4v) is 2.43. The number of alkyl halides is 1. The van der Waals surface area contributed by atoms with Crippen LogP contribution in [0.1, 0.15) is 17.0 Å². The summed E-state index contributed by atoms with van der Waals surface area (Å²) < 4.78 is 13.1. The number of hydrogen-bond donors (Lipinski definition) is 0. The second kappa shape index (κ2) is 6.21. The number of rotatable bonds is 4. The van der Waals surface area contributed by atoms with Crippen molar-refractivity contribution < 1.29 is 4.39 Å². The Morgan fingerprint density at radius 1 is 1.06 bits per heavy atom. The first-order valence-electron chi connectivity index (χ1n) is 5.75. The maximum atomic E-state index is 13.1. The Hall–Kier alpha value is -1.05. The minimum atomic E-state index is -0.387. The molecule has 1 unspecified atom stereocenters. The van der Waals surface area contributed by atoms with Gasteiger partial charge in [0.15, 0.2) is 0 Å². The lowest BCUT2D eigenvalue weighted by Gasteiger charge is -2.14. The highest BCUT2D eigenvalue weighted by molar-refractivity contribution is 6.30. The van der Waals surface area contributed by atoms with Gasteiger partial charge in [0, 0.05) is 11.8 Å². The molecular formula is C15H13Cl2F. The van der Waals surface area contributed by atoms with Crippen LogP contribution in [-0.4, -0.2) is 5.88 Å². The third kappa shape index (κ3) is 3.24. The van der Waals surface area contributed by atoms with Crippen molar-refractivity contribution in [3.8, 4) is 0 Å². The van der Waals surface area contributed by atoms with E-state index in [1.165, 1.54) is 11.6 Å². The fourth-order valence-electron chi connectivity index (χ4n) is 1.94. The van der Waals surface area contributed by atoms with Crippen LogP contribution in [0.15, 0.2) is 48.5 Å². The van der Waals surface area contributed by atoms with Crippen LogP contribution in [-0.2, 0) is 6.42 Å². The van der Waals surface area contributed by atoms with Crippen LogP contribution in [0, 0.1) is 5.82 Å². The Morgan fingerprint density at radius 2 is 1.78 bits per heavy atom. The van der Waals surface area contributed by atoms with Crippen LogP contribution in [0.25, 0.3) is 0 Å². The van der Waals surface area contributed by atoms with E-state index >= 15 is 0 Å². The van der Waals surface area contributed by atoms with Gasteiger partial charge in [0.05, 0.1) is 5.02 Å². The van der Waals surface area contributed by atoms with Crippen LogP contribution >= 0.6 is 23.2 Å². The molecule has 0 fully saturated rings. The van der Waals surface area contributed by atoms with Crippen molar-refractivity contribution in [2.45, 2.75) is 12.3 Å². The summed E-state index contributed by atoms with van der Waals surface area (Å²) >= 11 is 11.8. The Labute approximate surface area is 116 Å². The van der Waals surface area contributed by atoms with E-state index in [0.717, 1.165) is 12.0 Å². The molecule has 0 saturated heterocycles. The highest BCUT2D eigenvalue weighted by Gasteiger charge is 2.12. The molecule has 3 heteroatoms. The molecule has 0 saturated carbocycles. The normalized spacial score (nSPS) is 12.4. The standard InChI is InChI=1S/C15H13Cl2F/c16-10-13(12-4-2-1-3-5-12)8-11-6-7-15(18)14(17)9-11/h1-7,9,13H,8,10H2. The molecule has 0 aliphatic rings. The molecule has 2 rings (SSSR count). The number of hydrogen-bond acceptors (Lipinski definition) is 0. The van der Waals surface area contributed by atoms with Gasteiger partial charge in [0.25, 0.3) is 0 Å². The summed E-state index contributed by atoms with van der Waals surface area (Å²) in [4.78, 5) is 0. The quantitative estimate of drug-likeness (QED) is 0.689. The summed E-state index contributed by atoms with van der Waals surface area (Å²) in [5, 5.41) is 0.161. The van der Waals surface area contributed by atoms with Crippen LogP contribution in [0.2, 0.25) is 5.02 Å². The summed E-state index contributed by atoms with van der Waals surface area (Å²) in [6.45, 7) is 0. The van der Waals surface area contributed by atoms with Gasteiger partial charge in [-0.05, 0) is 29.7 Å². The zero-order valence-corrected chi connectivity index (χ0v) is 11.3. The molecule has 0 aliphatic carbocycles. The maximum absolute atomic E-state index is 13.1. The summed E-state index contributed by atoms with van der Waals surface area (Å²) in [6, 6.07) is 14.9. The van der Waals surface area contributed by atoms with Crippen LogP contribution in [0.5, 0.6) is 0 Å². The predicted molar refractivity (Wildman–Crippen MR) is 75.0 cm³/mol. The molecule has 1 atom stereocenters. The molecule has 0 heterocycles. The van der Waals surface area contributed by atoms with Crippen LogP contribution < -0.4 is 0 Å². The molecule has 0 bridgehead atoms. The largest absolute Gasteiger partial charge is 0.205 e. The minimum Gasteiger partial charge on any atom is -0.205 e.